The van der Waals surface area contributed by atoms with Crippen molar-refractivity contribution in [1.29, 1.82) is 0 Å². The summed E-state index contributed by atoms with van der Waals surface area (Å²) >= 11 is 9.64. The predicted molar refractivity (Wildman–Crippen MR) is 97.3 cm³/mol. The fraction of sp³-hybridized carbons (Fsp3) is 0.267. The van der Waals surface area contributed by atoms with Gasteiger partial charge in [-0.05, 0) is 37.1 Å². The molecule has 1 amide bonds. The zero-order valence-corrected chi connectivity index (χ0v) is 15.4. The lowest BCUT2D eigenvalue weighted by atomic mass is 10.1. The fourth-order valence-electron chi connectivity index (χ4n) is 2.14. The maximum atomic E-state index is 12.4. The summed E-state index contributed by atoms with van der Waals surface area (Å²) in [6.45, 7) is 2.11. The van der Waals surface area contributed by atoms with Crippen LogP contribution in [0.4, 0.5) is 0 Å². The van der Waals surface area contributed by atoms with Crippen LogP contribution in [-0.2, 0) is 9.59 Å². The highest BCUT2D eigenvalue weighted by Gasteiger charge is 2.32. The first-order valence-corrected chi connectivity index (χ1v) is 8.77. The largest absolute Gasteiger partial charge is 0.507 e. The molecule has 5 nitrogen and oxygen atoms in total. The number of carboxylic acid groups (broad SMARTS) is 1. The number of benzene rings is 1. The van der Waals surface area contributed by atoms with Gasteiger partial charge in [-0.2, -0.15) is 0 Å². The monoisotopic (exact) mass is 415 g/mol. The molecular weight excluding hydrogens is 402 g/mol. The van der Waals surface area contributed by atoms with E-state index in [0.29, 0.717) is 21.2 Å². The number of hydrogen-bond acceptors (Lipinski definition) is 5. The van der Waals surface area contributed by atoms with Gasteiger partial charge in [0, 0.05) is 23.0 Å². The van der Waals surface area contributed by atoms with E-state index in [9.17, 15) is 14.7 Å². The second kappa shape index (κ2) is 7.46. The first kappa shape index (κ1) is 18.0. The Morgan fingerprint density at radius 2 is 2.17 bits per heavy atom. The first-order chi connectivity index (χ1) is 10.8. The standard InChI is InChI=1S/C15H14BrNO4S2/c1-8-5-9(16)6-11(18)10(8)7-12-14(21)17(15(22)23-12)4-2-3-13(19)20/h5-7,18H,2-4H2,1H3,(H,19,20). The van der Waals surface area contributed by atoms with E-state index < -0.39 is 5.97 Å². The highest BCUT2D eigenvalue weighted by Crippen LogP contribution is 2.36. The fourth-order valence-corrected chi connectivity index (χ4v) is 3.99. The minimum absolute atomic E-state index is 0.0112. The molecule has 1 fully saturated rings. The number of phenolic OH excluding ortho intramolecular Hbond substituents is 1. The van der Waals surface area contributed by atoms with E-state index in [1.165, 1.54) is 4.90 Å². The smallest absolute Gasteiger partial charge is 0.303 e. The molecule has 1 aromatic carbocycles. The molecule has 1 saturated heterocycles. The van der Waals surface area contributed by atoms with Crippen LogP contribution in [0.2, 0.25) is 0 Å². The van der Waals surface area contributed by atoms with Gasteiger partial charge in [0.2, 0.25) is 0 Å². The summed E-state index contributed by atoms with van der Waals surface area (Å²) in [5.74, 6) is -1.08. The molecule has 1 aromatic rings. The maximum absolute atomic E-state index is 12.4. The lowest BCUT2D eigenvalue weighted by Crippen LogP contribution is -2.29. The maximum Gasteiger partial charge on any atom is 0.303 e. The Balaban J connectivity index is 2.20. The van der Waals surface area contributed by atoms with Gasteiger partial charge in [-0.1, -0.05) is 39.9 Å². The van der Waals surface area contributed by atoms with Crippen LogP contribution in [-0.4, -0.2) is 37.9 Å². The number of halogens is 1. The van der Waals surface area contributed by atoms with Crippen molar-refractivity contribution in [3.05, 3.63) is 32.6 Å². The molecule has 1 heterocycles. The molecule has 0 unspecified atom stereocenters. The Morgan fingerprint density at radius 3 is 2.78 bits per heavy atom. The summed E-state index contributed by atoms with van der Waals surface area (Å²) in [6, 6.07) is 3.41. The lowest BCUT2D eigenvalue weighted by molar-refractivity contribution is -0.137. The number of carbonyl (C=O) groups excluding carboxylic acids is 1. The number of carboxylic acids is 1. The minimum Gasteiger partial charge on any atom is -0.507 e. The molecule has 0 spiro atoms. The van der Waals surface area contributed by atoms with Gasteiger partial charge in [0.15, 0.2) is 0 Å². The Bertz CT molecular complexity index is 694. The van der Waals surface area contributed by atoms with Crippen LogP contribution in [0.1, 0.15) is 24.0 Å². The third-order valence-corrected chi connectivity index (χ3v) is 5.09. The minimum atomic E-state index is -0.901. The van der Waals surface area contributed by atoms with Gasteiger partial charge in [-0.3, -0.25) is 14.5 Å². The molecule has 1 aliphatic rings. The summed E-state index contributed by atoms with van der Waals surface area (Å²) in [6.07, 6.45) is 1.95. The first-order valence-electron chi connectivity index (χ1n) is 6.76. The van der Waals surface area contributed by atoms with Crippen molar-refractivity contribution in [2.24, 2.45) is 0 Å². The van der Waals surface area contributed by atoms with Gasteiger partial charge < -0.3 is 10.2 Å². The van der Waals surface area contributed by atoms with Crippen molar-refractivity contribution >= 4 is 62.2 Å². The van der Waals surface area contributed by atoms with E-state index in [-0.39, 0.29) is 24.6 Å². The number of amides is 1. The van der Waals surface area contributed by atoms with E-state index in [0.717, 1.165) is 21.8 Å². The Hall–Kier alpha value is -1.38. The van der Waals surface area contributed by atoms with Gasteiger partial charge in [-0.15, -0.1) is 0 Å². The van der Waals surface area contributed by atoms with Gasteiger partial charge >= 0.3 is 5.97 Å². The number of rotatable bonds is 5. The summed E-state index contributed by atoms with van der Waals surface area (Å²) in [4.78, 5) is 24.8. The summed E-state index contributed by atoms with van der Waals surface area (Å²) in [7, 11) is 0. The molecule has 122 valence electrons. The summed E-state index contributed by atoms with van der Waals surface area (Å²) in [5.41, 5.74) is 1.40. The van der Waals surface area contributed by atoms with Crippen molar-refractivity contribution in [1.82, 2.24) is 4.90 Å². The predicted octanol–water partition coefficient (Wildman–Crippen LogP) is 3.53. The van der Waals surface area contributed by atoms with E-state index in [4.69, 9.17) is 17.3 Å². The van der Waals surface area contributed by atoms with E-state index in [1.807, 2.05) is 13.0 Å². The Morgan fingerprint density at radius 1 is 1.48 bits per heavy atom. The number of aliphatic carboxylic acids is 1. The molecule has 0 aliphatic carbocycles. The van der Waals surface area contributed by atoms with Gasteiger partial charge in [0.05, 0.1) is 4.91 Å². The molecule has 8 heteroatoms. The zero-order chi connectivity index (χ0) is 17.1. The second-order valence-corrected chi connectivity index (χ2v) is 7.58. The number of thiocarbonyl (C=S) groups is 1. The number of aromatic hydroxyl groups is 1. The molecule has 0 radical (unpaired) electrons. The third kappa shape index (κ3) is 4.33. The molecule has 23 heavy (non-hydrogen) atoms. The van der Waals surface area contributed by atoms with Crippen molar-refractivity contribution in [2.45, 2.75) is 19.8 Å². The number of aryl methyl sites for hydroxylation is 1. The molecule has 1 aliphatic heterocycles. The topological polar surface area (TPSA) is 77.8 Å². The third-order valence-electron chi connectivity index (χ3n) is 3.25. The van der Waals surface area contributed by atoms with E-state index >= 15 is 0 Å². The van der Waals surface area contributed by atoms with Crippen LogP contribution in [0.5, 0.6) is 5.75 Å². The number of hydrogen-bond donors (Lipinski definition) is 2. The number of phenols is 1. The summed E-state index contributed by atoms with van der Waals surface area (Å²) in [5, 5.41) is 18.7. The van der Waals surface area contributed by atoms with Crippen molar-refractivity contribution < 1.29 is 19.8 Å². The van der Waals surface area contributed by atoms with Crippen LogP contribution in [0.15, 0.2) is 21.5 Å². The second-order valence-electron chi connectivity index (χ2n) is 4.99. The van der Waals surface area contributed by atoms with Gasteiger partial charge in [0.25, 0.3) is 5.91 Å². The zero-order valence-electron chi connectivity index (χ0n) is 12.2. The van der Waals surface area contributed by atoms with Crippen LogP contribution >= 0.6 is 39.9 Å². The SMILES string of the molecule is Cc1cc(Br)cc(O)c1C=C1SC(=S)N(CCCC(=O)O)C1=O. The van der Waals surface area contributed by atoms with E-state index in [1.54, 1.807) is 12.1 Å². The number of carbonyl (C=O) groups is 2. The van der Waals surface area contributed by atoms with Crippen LogP contribution in [0.25, 0.3) is 6.08 Å². The highest BCUT2D eigenvalue weighted by molar-refractivity contribution is 9.10. The summed E-state index contributed by atoms with van der Waals surface area (Å²) < 4.78 is 1.16. The average molecular weight is 416 g/mol. The molecule has 0 aromatic heterocycles. The van der Waals surface area contributed by atoms with E-state index in [2.05, 4.69) is 15.9 Å². The van der Waals surface area contributed by atoms with Crippen LogP contribution < -0.4 is 0 Å². The van der Waals surface area contributed by atoms with Crippen molar-refractivity contribution in [2.75, 3.05) is 6.54 Å². The molecule has 0 atom stereocenters. The Kier molecular flexibility index (Phi) is 5.83. The highest BCUT2D eigenvalue weighted by atomic mass is 79.9. The van der Waals surface area contributed by atoms with Crippen LogP contribution in [0, 0.1) is 6.92 Å². The normalized spacial score (nSPS) is 16.4. The molecule has 2 N–H and O–H groups in total. The lowest BCUT2D eigenvalue weighted by Gasteiger charge is -2.13. The van der Waals surface area contributed by atoms with Crippen molar-refractivity contribution in [3.8, 4) is 5.75 Å². The quantitative estimate of drug-likeness (QED) is 0.565. The van der Waals surface area contributed by atoms with Crippen molar-refractivity contribution in [3.63, 3.8) is 0 Å². The molecular formula is C15H14BrNO4S2. The average Bonchev–Trinajstić information content (AvgIpc) is 2.69. The van der Waals surface area contributed by atoms with Gasteiger partial charge in [-0.25, -0.2) is 0 Å². The molecule has 0 bridgehead atoms. The Labute approximate surface area is 151 Å². The van der Waals surface area contributed by atoms with Crippen LogP contribution in [0.3, 0.4) is 0 Å². The number of nitrogens with zero attached hydrogens (tertiary/aromatic N) is 1. The molecule has 0 saturated carbocycles. The number of thioether (sulfide) groups is 1. The van der Waals surface area contributed by atoms with Gasteiger partial charge in [0.1, 0.15) is 10.1 Å². The molecule has 2 rings (SSSR count).